The van der Waals surface area contributed by atoms with Gasteiger partial charge in [0.15, 0.2) is 5.16 Å². The Morgan fingerprint density at radius 1 is 1.30 bits per heavy atom. The van der Waals surface area contributed by atoms with E-state index in [-0.39, 0.29) is 18.0 Å². The number of benzene rings is 2. The quantitative estimate of drug-likeness (QED) is 0.386. The van der Waals surface area contributed by atoms with Crippen molar-refractivity contribution in [2.24, 2.45) is 0 Å². The van der Waals surface area contributed by atoms with Crippen molar-refractivity contribution in [2.45, 2.75) is 36.9 Å². The van der Waals surface area contributed by atoms with Gasteiger partial charge in [0.2, 0.25) is 5.91 Å². The summed E-state index contributed by atoms with van der Waals surface area (Å²) < 4.78 is 7.45. The average molecular weight is 492 g/mol. The van der Waals surface area contributed by atoms with Crippen LogP contribution in [0.4, 0.5) is 5.69 Å². The second-order valence-corrected chi connectivity index (χ2v) is 8.99. The Kier molecular flexibility index (Phi) is 7.17. The normalized spacial score (nSPS) is 13.1. The number of para-hydroxylation sites is 2. The molecule has 0 spiro atoms. The third-order valence-electron chi connectivity index (χ3n) is 4.34. The van der Waals surface area contributed by atoms with Crippen molar-refractivity contribution in [3.05, 3.63) is 57.3 Å². The molecule has 2 atom stereocenters. The van der Waals surface area contributed by atoms with Crippen LogP contribution in [0.2, 0.25) is 0 Å². The second-order valence-electron chi connectivity index (χ2n) is 6.77. The standard InChI is InChI=1S/C21H22BrN3O4S/c1-12(26)11-25-20(28)15-10-14(22)8-9-16(15)24-21(25)30-13(2)19(27)23-17-6-4-5-7-18(17)29-3/h4-10,12-13,26H,11H2,1-3H3,(H,23,27)/t12-,13-/m1/s1. The summed E-state index contributed by atoms with van der Waals surface area (Å²) in [6.45, 7) is 3.42. The molecule has 0 fully saturated rings. The highest BCUT2D eigenvalue weighted by Gasteiger charge is 2.21. The van der Waals surface area contributed by atoms with Crippen molar-refractivity contribution in [1.82, 2.24) is 9.55 Å². The van der Waals surface area contributed by atoms with Crippen LogP contribution in [0.3, 0.4) is 0 Å². The summed E-state index contributed by atoms with van der Waals surface area (Å²) >= 11 is 4.53. The van der Waals surface area contributed by atoms with Crippen molar-refractivity contribution in [3.63, 3.8) is 0 Å². The van der Waals surface area contributed by atoms with Gasteiger partial charge >= 0.3 is 0 Å². The Morgan fingerprint density at radius 2 is 2.03 bits per heavy atom. The van der Waals surface area contributed by atoms with Crippen LogP contribution in [0, 0.1) is 0 Å². The van der Waals surface area contributed by atoms with Crippen LogP contribution in [0.25, 0.3) is 10.9 Å². The van der Waals surface area contributed by atoms with E-state index < -0.39 is 11.4 Å². The zero-order chi connectivity index (χ0) is 21.8. The monoisotopic (exact) mass is 491 g/mol. The van der Waals surface area contributed by atoms with Crippen LogP contribution >= 0.6 is 27.7 Å². The molecule has 0 unspecified atom stereocenters. The minimum atomic E-state index is -0.744. The molecule has 2 aromatic carbocycles. The number of amides is 1. The van der Waals surface area contributed by atoms with E-state index in [0.717, 1.165) is 16.2 Å². The van der Waals surface area contributed by atoms with E-state index in [0.29, 0.717) is 27.5 Å². The van der Waals surface area contributed by atoms with Gasteiger partial charge in [-0.3, -0.25) is 14.2 Å². The summed E-state index contributed by atoms with van der Waals surface area (Å²) in [4.78, 5) is 30.4. The Balaban J connectivity index is 1.92. The smallest absolute Gasteiger partial charge is 0.262 e. The first-order chi connectivity index (χ1) is 14.3. The molecule has 1 amide bonds. The number of nitrogens with one attached hydrogen (secondary N) is 1. The fraction of sp³-hybridized carbons (Fsp3) is 0.286. The maximum absolute atomic E-state index is 13.0. The van der Waals surface area contributed by atoms with Crippen LogP contribution in [-0.4, -0.2) is 39.0 Å². The molecule has 1 heterocycles. The highest BCUT2D eigenvalue weighted by atomic mass is 79.9. The lowest BCUT2D eigenvalue weighted by Gasteiger charge is -2.18. The second kappa shape index (κ2) is 9.63. The van der Waals surface area contributed by atoms with Crippen molar-refractivity contribution >= 4 is 50.2 Å². The van der Waals surface area contributed by atoms with Gasteiger partial charge in [-0.05, 0) is 44.2 Å². The zero-order valence-corrected chi connectivity index (χ0v) is 19.2. The van der Waals surface area contributed by atoms with Gasteiger partial charge in [0.1, 0.15) is 5.75 Å². The molecule has 7 nitrogen and oxygen atoms in total. The number of hydrogen-bond donors (Lipinski definition) is 2. The van der Waals surface area contributed by atoms with E-state index >= 15 is 0 Å². The molecule has 30 heavy (non-hydrogen) atoms. The molecular weight excluding hydrogens is 470 g/mol. The largest absolute Gasteiger partial charge is 0.495 e. The van der Waals surface area contributed by atoms with Crippen molar-refractivity contribution in [3.8, 4) is 5.75 Å². The number of aromatic nitrogens is 2. The Bertz CT molecular complexity index is 1130. The van der Waals surface area contributed by atoms with E-state index in [2.05, 4.69) is 26.2 Å². The number of carbonyl (C=O) groups excluding carboxylic acids is 1. The van der Waals surface area contributed by atoms with E-state index in [1.54, 1.807) is 50.2 Å². The van der Waals surface area contributed by atoms with Crippen LogP contribution in [-0.2, 0) is 11.3 Å². The minimum Gasteiger partial charge on any atom is -0.495 e. The number of methoxy groups -OCH3 is 1. The number of halogens is 1. The Labute approximate surface area is 186 Å². The SMILES string of the molecule is COc1ccccc1NC(=O)[C@@H](C)Sc1nc2ccc(Br)cc2c(=O)n1C[C@@H](C)O. The number of nitrogens with zero attached hydrogens (tertiary/aromatic N) is 2. The third kappa shape index (κ3) is 5.03. The first-order valence-corrected chi connectivity index (χ1v) is 11.0. The van der Waals surface area contributed by atoms with Crippen LogP contribution in [0.1, 0.15) is 13.8 Å². The number of carbonyl (C=O) groups is 1. The van der Waals surface area contributed by atoms with Gasteiger partial charge in [-0.15, -0.1) is 0 Å². The Hall–Kier alpha value is -2.36. The van der Waals surface area contributed by atoms with Crippen molar-refractivity contribution < 1.29 is 14.6 Å². The molecule has 0 bridgehead atoms. The molecule has 3 rings (SSSR count). The van der Waals surface area contributed by atoms with E-state index in [9.17, 15) is 14.7 Å². The lowest BCUT2D eigenvalue weighted by atomic mass is 10.2. The highest BCUT2D eigenvalue weighted by molar-refractivity contribution is 9.10. The number of ether oxygens (including phenoxy) is 1. The number of aliphatic hydroxyl groups is 1. The molecule has 2 N–H and O–H groups in total. The summed E-state index contributed by atoms with van der Waals surface area (Å²) in [5.74, 6) is 0.307. The predicted molar refractivity (Wildman–Crippen MR) is 122 cm³/mol. The third-order valence-corrected chi connectivity index (χ3v) is 5.93. The molecule has 0 aliphatic carbocycles. The first kappa shape index (κ1) is 22.3. The molecular formula is C21H22BrN3O4S. The maximum atomic E-state index is 13.0. The summed E-state index contributed by atoms with van der Waals surface area (Å²) in [6.07, 6.45) is -0.744. The van der Waals surface area contributed by atoms with Gasteiger partial charge in [0.25, 0.3) is 5.56 Å². The fourth-order valence-electron chi connectivity index (χ4n) is 2.88. The van der Waals surface area contributed by atoms with Crippen LogP contribution < -0.4 is 15.6 Å². The molecule has 3 aromatic rings. The predicted octanol–water partition coefficient (Wildman–Crippen LogP) is 3.67. The molecule has 0 saturated heterocycles. The molecule has 0 radical (unpaired) electrons. The molecule has 9 heteroatoms. The van der Waals surface area contributed by atoms with Gasteiger partial charge < -0.3 is 15.2 Å². The van der Waals surface area contributed by atoms with Gasteiger partial charge in [-0.2, -0.15) is 0 Å². The van der Waals surface area contributed by atoms with Crippen LogP contribution in [0.5, 0.6) is 5.75 Å². The van der Waals surface area contributed by atoms with E-state index in [4.69, 9.17) is 4.74 Å². The van der Waals surface area contributed by atoms with E-state index in [1.165, 1.54) is 11.7 Å². The Morgan fingerprint density at radius 3 is 2.73 bits per heavy atom. The molecule has 0 aliphatic heterocycles. The number of aliphatic hydroxyl groups excluding tert-OH is 1. The van der Waals surface area contributed by atoms with Crippen molar-refractivity contribution in [1.29, 1.82) is 0 Å². The summed E-state index contributed by atoms with van der Waals surface area (Å²) in [7, 11) is 1.54. The fourth-order valence-corrected chi connectivity index (χ4v) is 4.16. The molecule has 0 saturated carbocycles. The first-order valence-electron chi connectivity index (χ1n) is 9.29. The average Bonchev–Trinajstić information content (AvgIpc) is 2.71. The summed E-state index contributed by atoms with van der Waals surface area (Å²) in [6, 6.07) is 12.4. The van der Waals surface area contributed by atoms with Crippen molar-refractivity contribution in [2.75, 3.05) is 12.4 Å². The zero-order valence-electron chi connectivity index (χ0n) is 16.8. The van der Waals surface area contributed by atoms with Gasteiger partial charge in [0.05, 0.1) is 41.6 Å². The summed E-state index contributed by atoms with van der Waals surface area (Å²) in [5, 5.41) is 13.0. The maximum Gasteiger partial charge on any atom is 0.262 e. The number of hydrogen-bond acceptors (Lipinski definition) is 6. The summed E-state index contributed by atoms with van der Waals surface area (Å²) in [5.41, 5.74) is 0.835. The van der Waals surface area contributed by atoms with Gasteiger partial charge in [0, 0.05) is 4.47 Å². The molecule has 0 aliphatic rings. The number of thioether (sulfide) groups is 1. The number of fused-ring (bicyclic) bond motifs is 1. The number of anilines is 1. The van der Waals surface area contributed by atoms with Gasteiger partial charge in [-0.25, -0.2) is 4.98 Å². The number of rotatable bonds is 7. The lowest BCUT2D eigenvalue weighted by molar-refractivity contribution is -0.115. The molecule has 158 valence electrons. The highest BCUT2D eigenvalue weighted by Crippen LogP contribution is 2.27. The lowest BCUT2D eigenvalue weighted by Crippen LogP contribution is -2.29. The van der Waals surface area contributed by atoms with Gasteiger partial charge in [-0.1, -0.05) is 39.8 Å². The topological polar surface area (TPSA) is 93.5 Å². The molecule has 1 aromatic heterocycles. The van der Waals surface area contributed by atoms with Crippen LogP contribution in [0.15, 0.2) is 56.9 Å². The minimum absolute atomic E-state index is 0.0808. The van der Waals surface area contributed by atoms with E-state index in [1.807, 2.05) is 6.07 Å².